The van der Waals surface area contributed by atoms with E-state index in [9.17, 15) is 14.4 Å². The zero-order chi connectivity index (χ0) is 21.4. The van der Waals surface area contributed by atoms with Crippen LogP contribution in [-0.4, -0.2) is 28.8 Å². The highest BCUT2D eigenvalue weighted by Crippen LogP contribution is 2.13. The largest absolute Gasteiger partial charge is 0.481 e. The molecule has 0 unspecified atom stereocenters. The molecule has 0 aromatic heterocycles. The molecule has 2 aromatic rings. The van der Waals surface area contributed by atoms with Crippen molar-refractivity contribution in [2.45, 2.75) is 39.3 Å². The molecule has 2 aromatic carbocycles. The van der Waals surface area contributed by atoms with Crippen LogP contribution in [0.4, 0.5) is 21.0 Å². The highest BCUT2D eigenvalue weighted by atomic mass is 16.6. The van der Waals surface area contributed by atoms with E-state index in [-0.39, 0.29) is 6.42 Å². The second kappa shape index (κ2) is 9.59. The Hall–Kier alpha value is -3.55. The third-order valence-corrected chi connectivity index (χ3v) is 3.61. The molecule has 0 saturated carbocycles. The molecule has 0 aliphatic carbocycles. The fraction of sp³-hybridized carbons (Fsp3) is 0.286. The van der Waals surface area contributed by atoms with Crippen molar-refractivity contribution >= 4 is 29.5 Å². The molecule has 0 atom stereocenters. The Labute approximate surface area is 169 Å². The summed E-state index contributed by atoms with van der Waals surface area (Å²) in [4.78, 5) is 34.4. The second-order valence-corrected chi connectivity index (χ2v) is 7.40. The summed E-state index contributed by atoms with van der Waals surface area (Å²) < 4.78 is 5.17. The first-order chi connectivity index (χ1) is 13.6. The number of anilines is 2. The number of carbonyl (C=O) groups excluding carboxylic acids is 2. The summed E-state index contributed by atoms with van der Waals surface area (Å²) in [6.45, 7) is 5.69. The van der Waals surface area contributed by atoms with Gasteiger partial charge in [0, 0.05) is 17.9 Å². The molecule has 8 heteroatoms. The zero-order valence-electron chi connectivity index (χ0n) is 16.6. The van der Waals surface area contributed by atoms with Crippen LogP contribution < -0.4 is 16.0 Å². The number of aliphatic carboxylic acids is 1. The average Bonchev–Trinajstić information content (AvgIpc) is 2.61. The molecular weight excluding hydrogens is 374 g/mol. The molecule has 29 heavy (non-hydrogen) atoms. The molecule has 0 spiro atoms. The van der Waals surface area contributed by atoms with Crippen molar-refractivity contribution < 1.29 is 24.2 Å². The number of hydrogen-bond donors (Lipinski definition) is 4. The van der Waals surface area contributed by atoms with E-state index in [0.717, 1.165) is 5.56 Å². The summed E-state index contributed by atoms with van der Waals surface area (Å²) in [5.41, 5.74) is 2.10. The predicted octanol–water partition coefficient (Wildman–Crippen LogP) is 3.98. The van der Waals surface area contributed by atoms with Gasteiger partial charge in [0.25, 0.3) is 0 Å². The van der Waals surface area contributed by atoms with Crippen LogP contribution in [0.15, 0.2) is 48.5 Å². The maximum atomic E-state index is 12.1. The van der Waals surface area contributed by atoms with Gasteiger partial charge in [-0.05, 0) is 56.2 Å². The van der Waals surface area contributed by atoms with Crippen molar-refractivity contribution in [2.75, 3.05) is 10.6 Å². The molecule has 0 bridgehead atoms. The van der Waals surface area contributed by atoms with Crippen molar-refractivity contribution in [3.05, 3.63) is 59.7 Å². The summed E-state index contributed by atoms with van der Waals surface area (Å²) in [7, 11) is 0. The van der Waals surface area contributed by atoms with Crippen molar-refractivity contribution in [1.29, 1.82) is 0 Å². The van der Waals surface area contributed by atoms with Crippen LogP contribution in [0.5, 0.6) is 0 Å². The van der Waals surface area contributed by atoms with Gasteiger partial charge in [0.15, 0.2) is 0 Å². The number of amides is 3. The van der Waals surface area contributed by atoms with E-state index < -0.39 is 23.7 Å². The number of rotatable bonds is 6. The summed E-state index contributed by atoms with van der Waals surface area (Å²) in [6.07, 6.45) is -0.560. The van der Waals surface area contributed by atoms with Crippen LogP contribution in [0.2, 0.25) is 0 Å². The van der Waals surface area contributed by atoms with Crippen molar-refractivity contribution in [2.24, 2.45) is 0 Å². The minimum Gasteiger partial charge on any atom is -0.481 e. The Morgan fingerprint density at radius 3 is 1.79 bits per heavy atom. The van der Waals surface area contributed by atoms with Gasteiger partial charge in [-0.3, -0.25) is 4.79 Å². The number of hydrogen-bond acceptors (Lipinski definition) is 4. The van der Waals surface area contributed by atoms with Crippen LogP contribution >= 0.6 is 0 Å². The van der Waals surface area contributed by atoms with Gasteiger partial charge in [0.2, 0.25) is 0 Å². The SMILES string of the molecule is CC(C)(C)OC(=O)NCc1ccc(NC(=O)Nc2ccc(CC(=O)O)cc2)cc1. The Kier molecular flexibility index (Phi) is 7.19. The smallest absolute Gasteiger partial charge is 0.407 e. The third kappa shape index (κ3) is 8.34. The van der Waals surface area contributed by atoms with E-state index in [1.807, 2.05) is 0 Å². The van der Waals surface area contributed by atoms with E-state index in [0.29, 0.717) is 23.5 Å². The number of alkyl carbamates (subject to hydrolysis) is 1. The maximum absolute atomic E-state index is 12.1. The number of benzene rings is 2. The molecular formula is C21H25N3O5. The Morgan fingerprint density at radius 2 is 1.34 bits per heavy atom. The van der Waals surface area contributed by atoms with Gasteiger partial charge in [-0.1, -0.05) is 24.3 Å². The first-order valence-corrected chi connectivity index (χ1v) is 9.05. The van der Waals surface area contributed by atoms with E-state index in [1.165, 1.54) is 0 Å². The average molecular weight is 399 g/mol. The second-order valence-electron chi connectivity index (χ2n) is 7.40. The fourth-order valence-electron chi connectivity index (χ4n) is 2.37. The van der Waals surface area contributed by atoms with E-state index in [4.69, 9.17) is 9.84 Å². The molecule has 0 heterocycles. The quantitative estimate of drug-likeness (QED) is 0.586. The standard InChI is InChI=1S/C21H25N3O5/c1-21(2,3)29-20(28)22-13-15-6-10-17(11-7-15)24-19(27)23-16-8-4-14(5-9-16)12-18(25)26/h4-11H,12-13H2,1-3H3,(H,22,28)(H,25,26)(H2,23,24,27). The summed E-state index contributed by atoms with van der Waals surface area (Å²) in [5.74, 6) is -0.909. The lowest BCUT2D eigenvalue weighted by Crippen LogP contribution is -2.32. The van der Waals surface area contributed by atoms with Crippen LogP contribution in [0.25, 0.3) is 0 Å². The normalized spacial score (nSPS) is 10.7. The van der Waals surface area contributed by atoms with Crippen molar-refractivity contribution in [3.8, 4) is 0 Å². The minimum atomic E-state index is -0.909. The molecule has 0 fully saturated rings. The van der Waals surface area contributed by atoms with Crippen molar-refractivity contribution in [3.63, 3.8) is 0 Å². The lowest BCUT2D eigenvalue weighted by Gasteiger charge is -2.19. The topological polar surface area (TPSA) is 117 Å². The molecule has 0 saturated heterocycles. The summed E-state index contributed by atoms with van der Waals surface area (Å²) in [5, 5.41) is 16.8. The van der Waals surface area contributed by atoms with Gasteiger partial charge >= 0.3 is 18.1 Å². The van der Waals surface area contributed by atoms with Crippen LogP contribution in [-0.2, 0) is 22.5 Å². The number of ether oxygens (including phenoxy) is 1. The van der Waals surface area contributed by atoms with E-state index >= 15 is 0 Å². The fourth-order valence-corrected chi connectivity index (χ4v) is 2.37. The minimum absolute atomic E-state index is 0.0678. The Balaban J connectivity index is 1.82. The molecule has 4 N–H and O–H groups in total. The van der Waals surface area contributed by atoms with Crippen LogP contribution in [0, 0.1) is 0 Å². The molecule has 3 amide bonds. The molecule has 0 aliphatic heterocycles. The summed E-state index contributed by atoms with van der Waals surface area (Å²) >= 11 is 0. The predicted molar refractivity (Wildman–Crippen MR) is 110 cm³/mol. The third-order valence-electron chi connectivity index (χ3n) is 3.61. The number of carboxylic acid groups (broad SMARTS) is 1. The highest BCUT2D eigenvalue weighted by Gasteiger charge is 2.15. The van der Waals surface area contributed by atoms with E-state index in [1.54, 1.807) is 69.3 Å². The lowest BCUT2D eigenvalue weighted by atomic mass is 10.1. The molecule has 0 radical (unpaired) electrons. The number of nitrogens with one attached hydrogen (secondary N) is 3. The zero-order valence-corrected chi connectivity index (χ0v) is 16.6. The first-order valence-electron chi connectivity index (χ1n) is 9.05. The van der Waals surface area contributed by atoms with Gasteiger partial charge in [-0.25, -0.2) is 9.59 Å². The highest BCUT2D eigenvalue weighted by molar-refractivity contribution is 5.99. The van der Waals surface area contributed by atoms with Gasteiger partial charge in [0.05, 0.1) is 6.42 Å². The number of carboxylic acids is 1. The van der Waals surface area contributed by atoms with Crippen molar-refractivity contribution in [1.82, 2.24) is 5.32 Å². The number of carbonyl (C=O) groups is 3. The number of urea groups is 1. The van der Waals surface area contributed by atoms with E-state index in [2.05, 4.69) is 16.0 Å². The molecule has 8 nitrogen and oxygen atoms in total. The Bertz CT molecular complexity index is 855. The van der Waals surface area contributed by atoms with Crippen LogP contribution in [0.3, 0.4) is 0 Å². The molecule has 2 rings (SSSR count). The lowest BCUT2D eigenvalue weighted by molar-refractivity contribution is -0.136. The Morgan fingerprint density at radius 1 is 0.862 bits per heavy atom. The van der Waals surface area contributed by atoms with Gasteiger partial charge in [-0.15, -0.1) is 0 Å². The van der Waals surface area contributed by atoms with Gasteiger partial charge in [0.1, 0.15) is 5.60 Å². The maximum Gasteiger partial charge on any atom is 0.407 e. The monoisotopic (exact) mass is 399 g/mol. The first kappa shape index (κ1) is 21.7. The molecule has 0 aliphatic rings. The van der Waals surface area contributed by atoms with Gasteiger partial charge in [-0.2, -0.15) is 0 Å². The molecule has 154 valence electrons. The van der Waals surface area contributed by atoms with Gasteiger partial charge < -0.3 is 25.8 Å². The summed E-state index contributed by atoms with van der Waals surface area (Å²) in [6, 6.07) is 13.2. The van der Waals surface area contributed by atoms with Crippen LogP contribution in [0.1, 0.15) is 31.9 Å².